The lowest BCUT2D eigenvalue weighted by atomic mass is 10.2. The highest BCUT2D eigenvalue weighted by Gasteiger charge is 2.33. The highest BCUT2D eigenvalue weighted by molar-refractivity contribution is 8.00. The van der Waals surface area contributed by atoms with Crippen LogP contribution in [0.5, 0.6) is 0 Å². The van der Waals surface area contributed by atoms with Crippen LogP contribution in [0.3, 0.4) is 0 Å². The smallest absolute Gasteiger partial charge is 0.252 e. The molecular weight excluding hydrogens is 332 g/mol. The van der Waals surface area contributed by atoms with E-state index < -0.39 is 0 Å². The first-order chi connectivity index (χ1) is 12.2. The zero-order valence-corrected chi connectivity index (χ0v) is 14.6. The van der Waals surface area contributed by atoms with Crippen LogP contribution < -0.4 is 5.43 Å². The molecule has 2 heterocycles. The summed E-state index contributed by atoms with van der Waals surface area (Å²) in [6, 6.07) is 16.3. The molecule has 1 aliphatic rings. The molecule has 6 heteroatoms. The molecule has 3 aromatic rings. The van der Waals surface area contributed by atoms with E-state index in [2.05, 4.69) is 22.5 Å². The number of hydrazine groups is 1. The van der Waals surface area contributed by atoms with Gasteiger partial charge in [0.05, 0.1) is 17.8 Å². The minimum Gasteiger partial charge on any atom is -0.306 e. The maximum atomic E-state index is 12.3. The Balaban J connectivity index is 1.55. The van der Waals surface area contributed by atoms with Crippen LogP contribution in [-0.4, -0.2) is 26.2 Å². The van der Waals surface area contributed by atoms with Gasteiger partial charge in [-0.15, -0.1) is 11.8 Å². The molecule has 4 rings (SSSR count). The number of aryl methyl sites for hydroxylation is 1. The number of nitrogens with one attached hydrogen (secondary N) is 1. The van der Waals surface area contributed by atoms with Gasteiger partial charge in [-0.2, -0.15) is 0 Å². The van der Waals surface area contributed by atoms with E-state index in [1.54, 1.807) is 29.3 Å². The molecule has 0 bridgehead atoms. The summed E-state index contributed by atoms with van der Waals surface area (Å²) in [5.74, 6) is 0.571. The Morgan fingerprint density at radius 2 is 1.88 bits per heavy atom. The summed E-state index contributed by atoms with van der Waals surface area (Å²) in [7, 11) is 0. The van der Waals surface area contributed by atoms with Gasteiger partial charge in [0.2, 0.25) is 0 Å². The molecule has 1 atom stereocenters. The summed E-state index contributed by atoms with van der Waals surface area (Å²) >= 11 is 1.63. The summed E-state index contributed by atoms with van der Waals surface area (Å²) in [6.45, 7) is 2.05. The van der Waals surface area contributed by atoms with Gasteiger partial charge in [0, 0.05) is 18.1 Å². The number of hydrogen-bond acceptors (Lipinski definition) is 4. The summed E-state index contributed by atoms with van der Waals surface area (Å²) in [5, 5.41) is 1.69. The predicted octanol–water partition coefficient (Wildman–Crippen LogP) is 3.78. The lowest BCUT2D eigenvalue weighted by Crippen LogP contribution is -2.33. The Morgan fingerprint density at radius 1 is 1.12 bits per heavy atom. The first-order valence-corrected chi connectivity index (χ1v) is 9.11. The number of rotatable bonds is 4. The molecule has 1 saturated heterocycles. The van der Waals surface area contributed by atoms with Gasteiger partial charge >= 0.3 is 0 Å². The number of carbonyl (C=O) groups excluding carboxylic acids is 1. The normalized spacial score (nSPS) is 17.1. The van der Waals surface area contributed by atoms with E-state index in [1.165, 1.54) is 5.56 Å². The van der Waals surface area contributed by atoms with Gasteiger partial charge in [-0.05, 0) is 36.8 Å². The molecular formula is C19H18N4OS. The van der Waals surface area contributed by atoms with E-state index in [4.69, 9.17) is 0 Å². The first-order valence-electron chi connectivity index (χ1n) is 8.06. The summed E-state index contributed by atoms with van der Waals surface area (Å²) < 4.78 is 1.96. The Labute approximate surface area is 150 Å². The SMILES string of the molecule is Cc1ccc(NN2C(=O)CSC2c2ccc(-n3ccnc3)cc2)cc1. The number of thioether (sulfide) groups is 1. The van der Waals surface area contributed by atoms with Crippen LogP contribution >= 0.6 is 11.8 Å². The second-order valence-electron chi connectivity index (χ2n) is 5.97. The van der Waals surface area contributed by atoms with Gasteiger partial charge < -0.3 is 4.57 Å². The van der Waals surface area contributed by atoms with Crippen molar-refractivity contribution in [1.29, 1.82) is 0 Å². The lowest BCUT2D eigenvalue weighted by Gasteiger charge is -2.26. The van der Waals surface area contributed by atoms with Crippen molar-refractivity contribution < 1.29 is 4.79 Å². The van der Waals surface area contributed by atoms with Crippen molar-refractivity contribution >= 4 is 23.4 Å². The van der Waals surface area contributed by atoms with E-state index in [9.17, 15) is 4.79 Å². The summed E-state index contributed by atoms with van der Waals surface area (Å²) in [6.07, 6.45) is 5.44. The van der Waals surface area contributed by atoms with E-state index in [-0.39, 0.29) is 11.3 Å². The molecule has 1 unspecified atom stereocenters. The van der Waals surface area contributed by atoms with Crippen molar-refractivity contribution in [1.82, 2.24) is 14.6 Å². The zero-order valence-electron chi connectivity index (χ0n) is 13.8. The van der Waals surface area contributed by atoms with Crippen molar-refractivity contribution in [3.63, 3.8) is 0 Å². The minimum atomic E-state index is -0.0364. The topological polar surface area (TPSA) is 50.2 Å². The molecule has 1 fully saturated rings. The quantitative estimate of drug-likeness (QED) is 0.778. The van der Waals surface area contributed by atoms with Gasteiger partial charge in [0.1, 0.15) is 5.37 Å². The molecule has 1 amide bonds. The summed E-state index contributed by atoms with van der Waals surface area (Å²) in [5.41, 5.74) is 7.51. The summed E-state index contributed by atoms with van der Waals surface area (Å²) in [4.78, 5) is 16.4. The molecule has 0 spiro atoms. The van der Waals surface area contributed by atoms with Crippen LogP contribution in [0.4, 0.5) is 5.69 Å². The first kappa shape index (κ1) is 15.8. The molecule has 5 nitrogen and oxygen atoms in total. The largest absolute Gasteiger partial charge is 0.306 e. The number of nitrogens with zero attached hydrogens (tertiary/aromatic N) is 3. The average molecular weight is 350 g/mol. The fourth-order valence-corrected chi connectivity index (χ4v) is 3.89. The molecule has 1 aromatic heterocycles. The Bertz CT molecular complexity index is 859. The molecule has 0 radical (unpaired) electrons. The van der Waals surface area contributed by atoms with E-state index in [0.29, 0.717) is 5.75 Å². The number of aromatic nitrogens is 2. The lowest BCUT2D eigenvalue weighted by molar-refractivity contribution is -0.126. The fourth-order valence-electron chi connectivity index (χ4n) is 2.78. The standard InChI is InChI=1S/C19H18N4OS/c1-14-2-6-16(7-3-14)21-23-18(24)12-25-19(23)15-4-8-17(9-5-15)22-11-10-20-13-22/h2-11,13,19,21H,12H2,1H3. The van der Waals surface area contributed by atoms with Crippen LogP contribution in [0.1, 0.15) is 16.5 Å². The minimum absolute atomic E-state index is 0.0364. The van der Waals surface area contributed by atoms with Crippen molar-refractivity contribution in [2.45, 2.75) is 12.3 Å². The highest BCUT2D eigenvalue weighted by Crippen LogP contribution is 2.38. The molecule has 0 saturated carbocycles. The van der Waals surface area contributed by atoms with Gasteiger partial charge in [-0.25, -0.2) is 9.99 Å². The van der Waals surface area contributed by atoms with Crippen molar-refractivity contribution in [3.8, 4) is 5.69 Å². The number of carbonyl (C=O) groups is 1. The van der Waals surface area contributed by atoms with E-state index in [0.717, 1.165) is 16.9 Å². The molecule has 1 aliphatic heterocycles. The number of anilines is 1. The third-order valence-electron chi connectivity index (χ3n) is 4.15. The average Bonchev–Trinajstić information content (AvgIpc) is 3.28. The molecule has 1 N–H and O–H groups in total. The van der Waals surface area contributed by atoms with Crippen LogP contribution in [0, 0.1) is 6.92 Å². The number of hydrogen-bond donors (Lipinski definition) is 1. The zero-order chi connectivity index (χ0) is 17.2. The van der Waals surface area contributed by atoms with Crippen molar-refractivity contribution in [3.05, 3.63) is 78.4 Å². The van der Waals surface area contributed by atoms with E-state index in [1.807, 2.05) is 54.1 Å². The highest BCUT2D eigenvalue weighted by atomic mass is 32.2. The maximum absolute atomic E-state index is 12.3. The maximum Gasteiger partial charge on any atom is 0.252 e. The van der Waals surface area contributed by atoms with Gasteiger partial charge in [0.25, 0.3) is 5.91 Å². The molecule has 126 valence electrons. The monoisotopic (exact) mass is 350 g/mol. The third-order valence-corrected chi connectivity index (χ3v) is 5.36. The second kappa shape index (κ2) is 6.64. The Hall–Kier alpha value is -2.73. The fraction of sp³-hybridized carbons (Fsp3) is 0.158. The van der Waals surface area contributed by atoms with Gasteiger partial charge in [0.15, 0.2) is 0 Å². The number of benzene rings is 2. The van der Waals surface area contributed by atoms with Crippen molar-refractivity contribution in [2.24, 2.45) is 0 Å². The Morgan fingerprint density at radius 3 is 2.56 bits per heavy atom. The van der Waals surface area contributed by atoms with Gasteiger partial charge in [-0.3, -0.25) is 10.2 Å². The number of amides is 1. The van der Waals surface area contributed by atoms with Crippen LogP contribution in [0.2, 0.25) is 0 Å². The Kier molecular flexibility index (Phi) is 4.19. The van der Waals surface area contributed by atoms with Crippen LogP contribution in [-0.2, 0) is 4.79 Å². The predicted molar refractivity (Wildman–Crippen MR) is 100 cm³/mol. The molecule has 25 heavy (non-hydrogen) atoms. The van der Waals surface area contributed by atoms with Gasteiger partial charge in [-0.1, -0.05) is 29.8 Å². The van der Waals surface area contributed by atoms with E-state index >= 15 is 0 Å². The van der Waals surface area contributed by atoms with Crippen LogP contribution in [0.25, 0.3) is 5.69 Å². The number of imidazole rings is 1. The third kappa shape index (κ3) is 3.25. The van der Waals surface area contributed by atoms with Crippen LogP contribution in [0.15, 0.2) is 67.3 Å². The molecule has 2 aromatic carbocycles. The van der Waals surface area contributed by atoms with Crippen molar-refractivity contribution in [2.75, 3.05) is 11.2 Å². The molecule has 0 aliphatic carbocycles. The second-order valence-corrected chi connectivity index (χ2v) is 7.03.